The molecule has 0 unspecified atom stereocenters. The van der Waals surface area contributed by atoms with Gasteiger partial charge in [-0.25, -0.2) is 0 Å². The van der Waals surface area contributed by atoms with Gasteiger partial charge in [0.1, 0.15) is 12.4 Å². The highest BCUT2D eigenvalue weighted by Gasteiger charge is 2.09. The Morgan fingerprint density at radius 1 is 0.900 bits per heavy atom. The smallest absolute Gasteiger partial charge is 0.327 e. The number of ether oxygens (including phenoxy) is 1. The molecule has 0 N–H and O–H groups in total. The standard InChI is InChI=1S/C17H15N2O/c1-20-16-8-5-11-19(13-16)17-10-9-15(12-18-17)14-6-3-2-4-7-14/h2-13H,1H3/q+1. The van der Waals surface area contributed by atoms with Crippen LogP contribution in [0.5, 0.6) is 5.75 Å². The van der Waals surface area contributed by atoms with E-state index in [1.165, 1.54) is 5.56 Å². The van der Waals surface area contributed by atoms with E-state index in [2.05, 4.69) is 23.2 Å². The molecule has 3 heteroatoms. The molecule has 0 saturated heterocycles. The number of aromatic nitrogens is 2. The number of methoxy groups -OCH3 is 1. The third-order valence-electron chi connectivity index (χ3n) is 3.13. The molecule has 98 valence electrons. The van der Waals surface area contributed by atoms with Crippen molar-refractivity contribution < 1.29 is 9.30 Å². The van der Waals surface area contributed by atoms with Crippen LogP contribution in [-0.2, 0) is 0 Å². The summed E-state index contributed by atoms with van der Waals surface area (Å²) in [4.78, 5) is 4.51. The molecule has 2 aromatic heterocycles. The Morgan fingerprint density at radius 3 is 2.45 bits per heavy atom. The predicted octanol–water partition coefficient (Wildman–Crippen LogP) is 3.03. The second-order valence-corrected chi connectivity index (χ2v) is 4.42. The summed E-state index contributed by atoms with van der Waals surface area (Å²) >= 11 is 0. The largest absolute Gasteiger partial charge is 0.493 e. The van der Waals surface area contributed by atoms with Gasteiger partial charge in [-0.15, -0.1) is 0 Å². The van der Waals surface area contributed by atoms with Crippen LogP contribution in [0.25, 0.3) is 16.9 Å². The van der Waals surface area contributed by atoms with Crippen LogP contribution >= 0.6 is 0 Å². The summed E-state index contributed by atoms with van der Waals surface area (Å²) < 4.78 is 7.16. The van der Waals surface area contributed by atoms with Crippen molar-refractivity contribution in [1.29, 1.82) is 0 Å². The van der Waals surface area contributed by atoms with Crippen LogP contribution in [-0.4, -0.2) is 12.1 Å². The molecule has 0 radical (unpaired) electrons. The van der Waals surface area contributed by atoms with Crippen LogP contribution in [0.1, 0.15) is 0 Å². The Hall–Kier alpha value is -2.68. The Labute approximate surface area is 118 Å². The van der Waals surface area contributed by atoms with Crippen LogP contribution in [0.15, 0.2) is 73.2 Å². The van der Waals surface area contributed by atoms with Crippen LogP contribution in [0.3, 0.4) is 0 Å². The van der Waals surface area contributed by atoms with Crippen molar-refractivity contribution in [3.8, 4) is 22.7 Å². The number of rotatable bonds is 3. The second-order valence-electron chi connectivity index (χ2n) is 4.42. The zero-order valence-corrected chi connectivity index (χ0v) is 11.2. The molecule has 3 rings (SSSR count). The number of nitrogens with zero attached hydrogens (tertiary/aromatic N) is 2. The van der Waals surface area contributed by atoms with Gasteiger partial charge in [0, 0.05) is 11.6 Å². The van der Waals surface area contributed by atoms with E-state index in [0.29, 0.717) is 0 Å². The maximum atomic E-state index is 5.22. The first-order chi connectivity index (χ1) is 9.86. The summed E-state index contributed by atoms with van der Waals surface area (Å²) in [6.45, 7) is 0. The minimum Gasteiger partial charge on any atom is -0.493 e. The normalized spacial score (nSPS) is 10.2. The van der Waals surface area contributed by atoms with Crippen LogP contribution in [0.2, 0.25) is 0 Å². The quantitative estimate of drug-likeness (QED) is 0.679. The maximum Gasteiger partial charge on any atom is 0.327 e. The molecule has 20 heavy (non-hydrogen) atoms. The molecule has 3 aromatic rings. The summed E-state index contributed by atoms with van der Waals surface area (Å²) in [6, 6.07) is 18.1. The molecule has 2 heterocycles. The second kappa shape index (κ2) is 5.53. The lowest BCUT2D eigenvalue weighted by molar-refractivity contribution is -0.600. The van der Waals surface area contributed by atoms with Gasteiger partial charge in [0.2, 0.25) is 0 Å². The van der Waals surface area contributed by atoms with Gasteiger partial charge < -0.3 is 4.74 Å². The monoisotopic (exact) mass is 263 g/mol. The molecule has 0 atom stereocenters. The number of hydrogen-bond donors (Lipinski definition) is 0. The average Bonchev–Trinajstić information content (AvgIpc) is 2.56. The van der Waals surface area contributed by atoms with Crippen molar-refractivity contribution in [1.82, 2.24) is 4.98 Å². The van der Waals surface area contributed by atoms with Gasteiger partial charge >= 0.3 is 5.82 Å². The molecular formula is C17H15N2O+. The molecule has 0 amide bonds. The van der Waals surface area contributed by atoms with Crippen molar-refractivity contribution >= 4 is 0 Å². The molecule has 0 aliphatic carbocycles. The van der Waals surface area contributed by atoms with Crippen molar-refractivity contribution in [2.45, 2.75) is 0 Å². The lowest BCUT2D eigenvalue weighted by Crippen LogP contribution is -2.30. The minimum atomic E-state index is 0.807. The lowest BCUT2D eigenvalue weighted by Gasteiger charge is -2.01. The summed E-state index contributed by atoms with van der Waals surface area (Å²) in [6.07, 6.45) is 5.74. The highest BCUT2D eigenvalue weighted by atomic mass is 16.5. The van der Waals surface area contributed by atoms with E-state index in [1.807, 2.05) is 59.6 Å². The number of benzene rings is 1. The third kappa shape index (κ3) is 2.52. The molecule has 1 aromatic carbocycles. The van der Waals surface area contributed by atoms with Crippen molar-refractivity contribution in [3.63, 3.8) is 0 Å². The number of pyridine rings is 2. The Balaban J connectivity index is 1.93. The summed E-state index contributed by atoms with van der Waals surface area (Å²) in [5.41, 5.74) is 2.28. The van der Waals surface area contributed by atoms with E-state index in [4.69, 9.17) is 4.74 Å². The SMILES string of the molecule is COc1ccc[n+](-c2ccc(-c3ccccc3)cn2)c1. The highest BCUT2D eigenvalue weighted by molar-refractivity contribution is 5.62. The Bertz CT molecular complexity index is 694. The van der Waals surface area contributed by atoms with E-state index < -0.39 is 0 Å². The van der Waals surface area contributed by atoms with Crippen LogP contribution in [0, 0.1) is 0 Å². The lowest BCUT2D eigenvalue weighted by atomic mass is 10.1. The zero-order valence-electron chi connectivity index (χ0n) is 11.2. The summed E-state index contributed by atoms with van der Waals surface area (Å²) in [5, 5.41) is 0. The Morgan fingerprint density at radius 2 is 1.75 bits per heavy atom. The predicted molar refractivity (Wildman–Crippen MR) is 77.8 cm³/mol. The van der Waals surface area contributed by atoms with Gasteiger partial charge in [-0.05, 0) is 28.7 Å². The van der Waals surface area contributed by atoms with Gasteiger partial charge in [0.05, 0.1) is 13.3 Å². The summed E-state index contributed by atoms with van der Waals surface area (Å²) in [7, 11) is 1.66. The van der Waals surface area contributed by atoms with Crippen LogP contribution < -0.4 is 9.30 Å². The highest BCUT2D eigenvalue weighted by Crippen LogP contribution is 2.17. The van der Waals surface area contributed by atoms with Gasteiger partial charge in [0.15, 0.2) is 5.75 Å². The maximum absolute atomic E-state index is 5.22. The van der Waals surface area contributed by atoms with Crippen molar-refractivity contribution in [2.75, 3.05) is 7.11 Å². The van der Waals surface area contributed by atoms with E-state index in [1.54, 1.807) is 7.11 Å². The third-order valence-corrected chi connectivity index (χ3v) is 3.13. The molecule has 0 saturated carbocycles. The van der Waals surface area contributed by atoms with Gasteiger partial charge in [0.25, 0.3) is 0 Å². The molecular weight excluding hydrogens is 248 g/mol. The first-order valence-corrected chi connectivity index (χ1v) is 6.44. The summed E-state index contributed by atoms with van der Waals surface area (Å²) in [5.74, 6) is 1.67. The first kappa shape index (κ1) is 12.4. The first-order valence-electron chi connectivity index (χ1n) is 6.44. The minimum absolute atomic E-state index is 0.807. The zero-order chi connectivity index (χ0) is 13.8. The molecule has 0 aliphatic rings. The van der Waals surface area contributed by atoms with Gasteiger partial charge in [-0.2, -0.15) is 4.57 Å². The molecule has 0 aliphatic heterocycles. The number of hydrogen-bond acceptors (Lipinski definition) is 2. The van der Waals surface area contributed by atoms with Gasteiger partial charge in [-0.3, -0.25) is 0 Å². The molecule has 0 bridgehead atoms. The van der Waals surface area contributed by atoms with E-state index >= 15 is 0 Å². The van der Waals surface area contributed by atoms with E-state index in [9.17, 15) is 0 Å². The Kier molecular flexibility index (Phi) is 3.42. The topological polar surface area (TPSA) is 26.0 Å². The van der Waals surface area contributed by atoms with Crippen LogP contribution in [0.4, 0.5) is 0 Å². The fourth-order valence-electron chi connectivity index (χ4n) is 2.06. The van der Waals surface area contributed by atoms with Gasteiger partial charge in [-0.1, -0.05) is 30.3 Å². The molecule has 0 fully saturated rings. The van der Waals surface area contributed by atoms with E-state index in [-0.39, 0.29) is 0 Å². The van der Waals surface area contributed by atoms with Crippen molar-refractivity contribution in [2.24, 2.45) is 0 Å². The fourth-order valence-corrected chi connectivity index (χ4v) is 2.06. The van der Waals surface area contributed by atoms with Crippen molar-refractivity contribution in [3.05, 3.63) is 73.2 Å². The molecule has 3 nitrogen and oxygen atoms in total. The fraction of sp³-hybridized carbons (Fsp3) is 0.0588. The van der Waals surface area contributed by atoms with E-state index in [0.717, 1.165) is 17.1 Å². The molecule has 0 spiro atoms. The average molecular weight is 263 g/mol.